The Bertz CT molecular complexity index is 974. The molecular weight excluding hydrogens is 406 g/mol. The smallest absolute Gasteiger partial charge is 0.264 e. The van der Waals surface area contributed by atoms with Crippen molar-refractivity contribution >= 4 is 15.7 Å². The van der Waals surface area contributed by atoms with Gasteiger partial charge in [-0.05, 0) is 103 Å². The van der Waals surface area contributed by atoms with Crippen molar-refractivity contribution in [1.29, 1.82) is 0 Å². The molecule has 0 aromatic carbocycles. The fourth-order valence-corrected chi connectivity index (χ4v) is 9.31. The monoisotopic (exact) mass is 443 g/mol. The van der Waals surface area contributed by atoms with Crippen LogP contribution < -0.4 is 0 Å². The molecule has 1 heterocycles. The first-order valence-corrected chi connectivity index (χ1v) is 13.9. The average molecular weight is 444 g/mol. The van der Waals surface area contributed by atoms with Crippen molar-refractivity contribution in [3.63, 3.8) is 0 Å². The second-order valence-electron chi connectivity index (χ2n) is 11.4. The molecule has 1 aromatic heterocycles. The second-order valence-corrected chi connectivity index (χ2v) is 13.0. The highest BCUT2D eigenvalue weighted by atomic mass is 32.2. The summed E-state index contributed by atoms with van der Waals surface area (Å²) in [6, 6.07) is 4.28. The zero-order chi connectivity index (χ0) is 22.0. The lowest BCUT2D eigenvalue weighted by Gasteiger charge is -2.62. The summed E-state index contributed by atoms with van der Waals surface area (Å²) in [5.74, 6) is 3.10. The summed E-state index contributed by atoms with van der Waals surface area (Å²) < 4.78 is 29.1. The SMILES string of the molecule is CC1C(OS(C)(=O)=O)CC[C@@]2(C)C1CC[C@@H]1[C@@H]2CC[C@]2(C)C(c3cccnc3)=CC[C@@H]12. The molecule has 8 atom stereocenters. The van der Waals surface area contributed by atoms with Crippen LogP contribution in [-0.4, -0.2) is 25.8 Å². The number of nitrogens with zero attached hydrogens (tertiary/aromatic N) is 1. The molecule has 3 unspecified atom stereocenters. The van der Waals surface area contributed by atoms with Crippen LogP contribution in [0.1, 0.15) is 71.3 Å². The van der Waals surface area contributed by atoms with Gasteiger partial charge in [0.05, 0.1) is 12.4 Å². The largest absolute Gasteiger partial charge is 0.267 e. The van der Waals surface area contributed by atoms with E-state index in [2.05, 4.69) is 44.0 Å². The predicted molar refractivity (Wildman–Crippen MR) is 124 cm³/mol. The molecule has 4 aliphatic carbocycles. The molecule has 0 amide bonds. The van der Waals surface area contributed by atoms with E-state index in [-0.39, 0.29) is 11.5 Å². The number of pyridine rings is 1. The van der Waals surface area contributed by atoms with E-state index in [1.807, 2.05) is 12.4 Å². The highest BCUT2D eigenvalue weighted by Crippen LogP contribution is 2.68. The molecule has 0 bridgehead atoms. The number of fused-ring (bicyclic) bond motifs is 5. The Morgan fingerprint density at radius 2 is 1.87 bits per heavy atom. The predicted octanol–water partition coefficient (Wildman–Crippen LogP) is 5.71. The van der Waals surface area contributed by atoms with Crippen molar-refractivity contribution < 1.29 is 12.6 Å². The van der Waals surface area contributed by atoms with E-state index in [4.69, 9.17) is 4.18 Å². The summed E-state index contributed by atoms with van der Waals surface area (Å²) in [5, 5.41) is 0. The molecule has 31 heavy (non-hydrogen) atoms. The van der Waals surface area contributed by atoms with Gasteiger partial charge in [-0.1, -0.05) is 32.9 Å². The number of aromatic nitrogens is 1. The highest BCUT2D eigenvalue weighted by Gasteiger charge is 2.60. The van der Waals surface area contributed by atoms with Gasteiger partial charge in [0.15, 0.2) is 0 Å². The van der Waals surface area contributed by atoms with Crippen molar-refractivity contribution in [2.24, 2.45) is 40.4 Å². The third kappa shape index (κ3) is 3.42. The Morgan fingerprint density at radius 3 is 2.58 bits per heavy atom. The summed E-state index contributed by atoms with van der Waals surface area (Å²) in [6.07, 6.45) is 15.6. The van der Waals surface area contributed by atoms with Crippen LogP contribution in [-0.2, 0) is 14.3 Å². The molecule has 0 spiro atoms. The van der Waals surface area contributed by atoms with E-state index in [0.717, 1.165) is 30.6 Å². The van der Waals surface area contributed by atoms with Crippen LogP contribution in [0.25, 0.3) is 5.57 Å². The van der Waals surface area contributed by atoms with Crippen LogP contribution in [0.5, 0.6) is 0 Å². The Kier molecular flexibility index (Phi) is 5.17. The topological polar surface area (TPSA) is 56.3 Å². The minimum Gasteiger partial charge on any atom is -0.267 e. The van der Waals surface area contributed by atoms with Crippen molar-refractivity contribution in [2.75, 3.05) is 6.26 Å². The molecule has 3 fully saturated rings. The van der Waals surface area contributed by atoms with Gasteiger partial charge in [-0.15, -0.1) is 0 Å². The van der Waals surface area contributed by atoms with E-state index in [1.165, 1.54) is 49.5 Å². The van der Waals surface area contributed by atoms with Gasteiger partial charge in [0, 0.05) is 12.4 Å². The van der Waals surface area contributed by atoms with Crippen LogP contribution in [0, 0.1) is 40.4 Å². The van der Waals surface area contributed by atoms with E-state index < -0.39 is 10.1 Å². The lowest BCUT2D eigenvalue weighted by Crippen LogP contribution is -2.56. The molecule has 1 aromatic rings. The molecule has 5 rings (SSSR count). The average Bonchev–Trinajstić information content (AvgIpc) is 3.07. The van der Waals surface area contributed by atoms with E-state index in [9.17, 15) is 8.42 Å². The van der Waals surface area contributed by atoms with Gasteiger partial charge in [0.2, 0.25) is 0 Å². The molecule has 0 aliphatic heterocycles. The number of hydrogen-bond donors (Lipinski definition) is 0. The fourth-order valence-electron chi connectivity index (χ4n) is 8.59. The first kappa shape index (κ1) is 21.6. The molecule has 5 heteroatoms. The fraction of sp³-hybridized carbons (Fsp3) is 0.731. The molecule has 0 saturated heterocycles. The van der Waals surface area contributed by atoms with Crippen LogP contribution in [0.2, 0.25) is 0 Å². The van der Waals surface area contributed by atoms with Gasteiger partial charge < -0.3 is 0 Å². The maximum atomic E-state index is 11.8. The summed E-state index contributed by atoms with van der Waals surface area (Å²) in [5.41, 5.74) is 3.39. The third-order valence-corrected chi connectivity index (χ3v) is 10.6. The van der Waals surface area contributed by atoms with Crippen molar-refractivity contribution in [3.05, 3.63) is 36.2 Å². The molecule has 3 saturated carbocycles. The first-order valence-electron chi connectivity index (χ1n) is 12.1. The van der Waals surface area contributed by atoms with Crippen LogP contribution >= 0.6 is 0 Å². The van der Waals surface area contributed by atoms with Gasteiger partial charge in [-0.3, -0.25) is 9.17 Å². The molecule has 0 N–H and O–H groups in total. The maximum absolute atomic E-state index is 11.8. The molecule has 4 aliphatic rings. The Hall–Kier alpha value is -1.20. The molecule has 0 radical (unpaired) electrons. The Morgan fingerprint density at radius 1 is 1.06 bits per heavy atom. The quantitative estimate of drug-likeness (QED) is 0.562. The van der Waals surface area contributed by atoms with Gasteiger partial charge >= 0.3 is 0 Å². The molecular formula is C26H37NO3S. The summed E-state index contributed by atoms with van der Waals surface area (Å²) in [4.78, 5) is 4.39. The zero-order valence-corrected chi connectivity index (χ0v) is 20.2. The van der Waals surface area contributed by atoms with E-state index in [1.54, 1.807) is 0 Å². The lowest BCUT2D eigenvalue weighted by atomic mass is 9.43. The van der Waals surface area contributed by atoms with E-state index in [0.29, 0.717) is 17.3 Å². The number of rotatable bonds is 3. The van der Waals surface area contributed by atoms with Crippen molar-refractivity contribution in [2.45, 2.75) is 71.8 Å². The minimum atomic E-state index is -3.40. The molecule has 170 valence electrons. The first-order chi connectivity index (χ1) is 14.6. The minimum absolute atomic E-state index is 0.149. The summed E-state index contributed by atoms with van der Waals surface area (Å²) in [6.45, 7) is 7.27. The number of hydrogen-bond acceptors (Lipinski definition) is 4. The molecule has 4 nitrogen and oxygen atoms in total. The highest BCUT2D eigenvalue weighted by molar-refractivity contribution is 7.86. The zero-order valence-electron chi connectivity index (χ0n) is 19.4. The second kappa shape index (κ2) is 7.41. The maximum Gasteiger partial charge on any atom is 0.264 e. The summed E-state index contributed by atoms with van der Waals surface area (Å²) in [7, 11) is -3.40. The lowest BCUT2D eigenvalue weighted by molar-refractivity contribution is -0.133. The van der Waals surface area contributed by atoms with Crippen LogP contribution in [0.4, 0.5) is 0 Å². The van der Waals surface area contributed by atoms with Gasteiger partial charge in [0.1, 0.15) is 0 Å². The summed E-state index contributed by atoms with van der Waals surface area (Å²) >= 11 is 0. The van der Waals surface area contributed by atoms with Gasteiger partial charge in [0.25, 0.3) is 10.1 Å². The van der Waals surface area contributed by atoms with Crippen LogP contribution in [0.3, 0.4) is 0 Å². The third-order valence-electron chi connectivity index (χ3n) is 9.98. The van der Waals surface area contributed by atoms with Crippen molar-refractivity contribution in [3.8, 4) is 0 Å². The van der Waals surface area contributed by atoms with Crippen molar-refractivity contribution in [1.82, 2.24) is 4.98 Å². The van der Waals surface area contributed by atoms with Crippen LogP contribution in [0.15, 0.2) is 30.6 Å². The Balaban J connectivity index is 1.39. The standard InChI is InChI=1S/C26H37NO3S/c1-17-20-8-7-19-22-10-9-21(18-6-5-15-27-16-18)26(22,3)13-11-23(19)25(20,2)14-12-24(17)30-31(4,28)29/h5-6,9,15-17,19-20,22-24H,7-8,10-14H2,1-4H3/t17?,19-,20?,22-,23-,24?,25-,26+/m0/s1. The Labute approximate surface area is 188 Å². The normalized spacial score (nSPS) is 44.7. The van der Waals surface area contributed by atoms with Gasteiger partial charge in [-0.25, -0.2) is 0 Å². The number of allylic oxidation sites excluding steroid dienone is 2. The van der Waals surface area contributed by atoms with E-state index >= 15 is 0 Å². The van der Waals surface area contributed by atoms with Gasteiger partial charge in [-0.2, -0.15) is 8.42 Å².